The monoisotopic (exact) mass is 268 g/mol. The fraction of sp³-hybridized carbons (Fsp3) is 0.333. The van der Waals surface area contributed by atoms with Gasteiger partial charge in [0.05, 0.1) is 11.7 Å². The molecule has 17 heavy (non-hydrogen) atoms. The fourth-order valence-electron chi connectivity index (χ4n) is 1.65. The van der Waals surface area contributed by atoms with Gasteiger partial charge < -0.3 is 0 Å². The van der Waals surface area contributed by atoms with E-state index in [2.05, 4.69) is 4.98 Å². The molecular weight excluding hydrogens is 256 g/mol. The van der Waals surface area contributed by atoms with Crippen LogP contribution in [-0.2, 0) is 6.54 Å². The fourth-order valence-corrected chi connectivity index (χ4v) is 2.76. The average molecular weight is 269 g/mol. The number of alkyl halides is 1. The first-order valence-electron chi connectivity index (χ1n) is 5.31. The van der Waals surface area contributed by atoms with Crippen molar-refractivity contribution in [2.45, 2.75) is 20.4 Å². The number of halogens is 1. The molecule has 0 fully saturated rings. The second-order valence-electron chi connectivity index (χ2n) is 3.79. The molecule has 2 heterocycles. The largest absolute Gasteiger partial charge is 0.295 e. The van der Waals surface area contributed by atoms with Crippen molar-refractivity contribution in [3.8, 4) is 0 Å². The van der Waals surface area contributed by atoms with Crippen LogP contribution in [-0.4, -0.2) is 15.4 Å². The van der Waals surface area contributed by atoms with Gasteiger partial charge in [0.1, 0.15) is 4.83 Å². The molecule has 0 saturated heterocycles. The van der Waals surface area contributed by atoms with E-state index >= 15 is 0 Å². The number of thiophene rings is 1. The van der Waals surface area contributed by atoms with Crippen molar-refractivity contribution in [1.29, 1.82) is 0 Å². The smallest absolute Gasteiger partial charge is 0.262 e. The normalized spacial score (nSPS) is 11.7. The minimum absolute atomic E-state index is 0.0241. The number of hydrogen-bond acceptors (Lipinski definition) is 3. The van der Waals surface area contributed by atoms with Crippen LogP contribution in [0.25, 0.3) is 10.2 Å². The quantitative estimate of drug-likeness (QED) is 0.634. The van der Waals surface area contributed by atoms with E-state index in [1.165, 1.54) is 0 Å². The predicted molar refractivity (Wildman–Crippen MR) is 73.2 cm³/mol. The van der Waals surface area contributed by atoms with Crippen LogP contribution in [0, 0.1) is 13.8 Å². The van der Waals surface area contributed by atoms with E-state index in [1.54, 1.807) is 22.2 Å². The van der Waals surface area contributed by atoms with Crippen molar-refractivity contribution < 1.29 is 0 Å². The molecule has 0 radical (unpaired) electrons. The molecule has 0 bridgehead atoms. The first kappa shape index (κ1) is 12.3. The lowest BCUT2D eigenvalue weighted by atomic mass is 10.2. The van der Waals surface area contributed by atoms with Crippen LogP contribution < -0.4 is 5.56 Å². The van der Waals surface area contributed by atoms with Gasteiger partial charge in [-0.3, -0.25) is 9.36 Å². The van der Waals surface area contributed by atoms with E-state index in [0.717, 1.165) is 20.7 Å². The molecule has 2 aromatic heterocycles. The first-order valence-corrected chi connectivity index (χ1v) is 6.66. The van der Waals surface area contributed by atoms with Crippen LogP contribution in [0.4, 0.5) is 0 Å². The number of aromatic nitrogens is 2. The van der Waals surface area contributed by atoms with Crippen LogP contribution in [0.1, 0.15) is 10.4 Å². The number of allylic oxidation sites excluding steroid dienone is 2. The summed E-state index contributed by atoms with van der Waals surface area (Å²) < 4.78 is 1.60. The van der Waals surface area contributed by atoms with Crippen LogP contribution in [0.3, 0.4) is 0 Å². The van der Waals surface area contributed by atoms with Gasteiger partial charge in [0.25, 0.3) is 5.56 Å². The highest BCUT2D eigenvalue weighted by atomic mass is 35.5. The van der Waals surface area contributed by atoms with E-state index in [-0.39, 0.29) is 5.56 Å². The Morgan fingerprint density at radius 1 is 1.47 bits per heavy atom. The average Bonchev–Trinajstić information content (AvgIpc) is 2.59. The van der Waals surface area contributed by atoms with Crippen molar-refractivity contribution in [1.82, 2.24) is 9.55 Å². The summed E-state index contributed by atoms with van der Waals surface area (Å²) in [4.78, 5) is 18.5. The number of aryl methyl sites for hydroxylation is 2. The van der Waals surface area contributed by atoms with E-state index in [1.807, 2.05) is 26.0 Å². The molecule has 3 nitrogen and oxygen atoms in total. The molecule has 0 saturated carbocycles. The molecule has 0 atom stereocenters. The zero-order valence-corrected chi connectivity index (χ0v) is 11.3. The summed E-state index contributed by atoms with van der Waals surface area (Å²) in [6.07, 6.45) is 5.29. The molecule has 5 heteroatoms. The molecular formula is C12H13ClN2OS. The third kappa shape index (κ3) is 2.28. The van der Waals surface area contributed by atoms with Gasteiger partial charge in [0.15, 0.2) is 0 Å². The Morgan fingerprint density at radius 3 is 2.94 bits per heavy atom. The van der Waals surface area contributed by atoms with Crippen LogP contribution in [0.15, 0.2) is 23.3 Å². The third-order valence-corrected chi connectivity index (χ3v) is 4.01. The number of rotatable bonds is 3. The summed E-state index contributed by atoms with van der Waals surface area (Å²) in [6.45, 7) is 4.50. The highest BCUT2D eigenvalue weighted by molar-refractivity contribution is 7.18. The highest BCUT2D eigenvalue weighted by Crippen LogP contribution is 2.25. The summed E-state index contributed by atoms with van der Waals surface area (Å²) in [6, 6.07) is 0. The second kappa shape index (κ2) is 5.02. The molecule has 0 unspecified atom stereocenters. The van der Waals surface area contributed by atoms with Crippen molar-refractivity contribution >= 4 is 33.2 Å². The van der Waals surface area contributed by atoms with E-state index in [0.29, 0.717) is 12.4 Å². The lowest BCUT2D eigenvalue weighted by Crippen LogP contribution is -2.19. The molecule has 2 aromatic rings. The minimum atomic E-state index is 0.0241. The first-order chi connectivity index (χ1) is 8.15. The second-order valence-corrected chi connectivity index (χ2v) is 5.30. The maximum Gasteiger partial charge on any atom is 0.262 e. The van der Waals surface area contributed by atoms with Gasteiger partial charge in [-0.05, 0) is 19.4 Å². The Morgan fingerprint density at radius 2 is 2.24 bits per heavy atom. The SMILES string of the molecule is Cc1sc2ncn(CC=CCCl)c(=O)c2c1C. The summed E-state index contributed by atoms with van der Waals surface area (Å²) >= 11 is 7.11. The standard InChI is InChI=1S/C12H13ClN2OS/c1-8-9(2)17-11-10(8)12(16)15(7-14-11)6-4-3-5-13/h3-4,7H,5-6H2,1-2H3. The molecule has 2 rings (SSSR count). The Kier molecular flexibility index (Phi) is 3.64. The molecule has 0 aromatic carbocycles. The Balaban J connectivity index is 2.53. The Bertz CT molecular complexity index is 627. The molecule has 90 valence electrons. The van der Waals surface area contributed by atoms with Gasteiger partial charge in [-0.1, -0.05) is 12.2 Å². The number of nitrogens with zero attached hydrogens (tertiary/aromatic N) is 2. The highest BCUT2D eigenvalue weighted by Gasteiger charge is 2.11. The summed E-state index contributed by atoms with van der Waals surface area (Å²) in [5, 5.41) is 0.745. The van der Waals surface area contributed by atoms with Crippen LogP contribution >= 0.6 is 22.9 Å². The van der Waals surface area contributed by atoms with Crippen molar-refractivity contribution in [3.63, 3.8) is 0 Å². The summed E-state index contributed by atoms with van der Waals surface area (Å²) in [7, 11) is 0. The van der Waals surface area contributed by atoms with Gasteiger partial charge >= 0.3 is 0 Å². The topological polar surface area (TPSA) is 34.9 Å². The van der Waals surface area contributed by atoms with Crippen molar-refractivity contribution in [3.05, 3.63) is 39.3 Å². The van der Waals surface area contributed by atoms with Gasteiger partial charge in [-0.2, -0.15) is 0 Å². The molecule has 0 spiro atoms. The van der Waals surface area contributed by atoms with Crippen molar-refractivity contribution in [2.75, 3.05) is 5.88 Å². The zero-order valence-electron chi connectivity index (χ0n) is 9.74. The van der Waals surface area contributed by atoms with Gasteiger partial charge in [0.2, 0.25) is 0 Å². The molecule has 0 aliphatic heterocycles. The summed E-state index contributed by atoms with van der Waals surface area (Å²) in [5.74, 6) is 0.459. The molecule has 0 N–H and O–H groups in total. The Hall–Kier alpha value is -1.13. The van der Waals surface area contributed by atoms with Crippen molar-refractivity contribution in [2.24, 2.45) is 0 Å². The lowest BCUT2D eigenvalue weighted by molar-refractivity contribution is 0.767. The van der Waals surface area contributed by atoms with E-state index in [4.69, 9.17) is 11.6 Å². The predicted octanol–water partition coefficient (Wildman–Crippen LogP) is 2.87. The molecule has 0 aliphatic carbocycles. The maximum atomic E-state index is 12.2. The van der Waals surface area contributed by atoms with E-state index in [9.17, 15) is 4.79 Å². The third-order valence-electron chi connectivity index (χ3n) is 2.71. The van der Waals surface area contributed by atoms with Crippen LogP contribution in [0.5, 0.6) is 0 Å². The van der Waals surface area contributed by atoms with Gasteiger partial charge in [-0.15, -0.1) is 22.9 Å². The van der Waals surface area contributed by atoms with E-state index < -0.39 is 0 Å². The zero-order chi connectivity index (χ0) is 12.4. The minimum Gasteiger partial charge on any atom is -0.295 e. The lowest BCUT2D eigenvalue weighted by Gasteiger charge is -2.01. The number of fused-ring (bicyclic) bond motifs is 1. The maximum absolute atomic E-state index is 12.2. The Labute approximate surface area is 108 Å². The summed E-state index contributed by atoms with van der Waals surface area (Å²) in [5.41, 5.74) is 1.06. The number of hydrogen-bond donors (Lipinski definition) is 0. The molecule has 0 aliphatic rings. The van der Waals surface area contributed by atoms with Gasteiger partial charge in [0, 0.05) is 17.3 Å². The molecule has 0 amide bonds. The van der Waals surface area contributed by atoms with Crippen LogP contribution in [0.2, 0.25) is 0 Å². The van der Waals surface area contributed by atoms with Gasteiger partial charge in [-0.25, -0.2) is 4.98 Å².